The first-order chi connectivity index (χ1) is 12.6. The molecule has 0 unspecified atom stereocenters. The molecule has 0 radical (unpaired) electrons. The monoisotopic (exact) mass is 374 g/mol. The van der Waals surface area contributed by atoms with Crippen molar-refractivity contribution in [2.24, 2.45) is 5.41 Å². The molecule has 0 spiro atoms. The van der Waals surface area contributed by atoms with E-state index in [0.29, 0.717) is 12.4 Å². The fraction of sp³-hybridized carbons (Fsp3) is 0.409. The highest BCUT2D eigenvalue weighted by molar-refractivity contribution is 5.81. The standard InChI is InChI=1S/C15H20O3.C7H10O2/c1-10-8-15(2,3)9-18-12-7-14(17-5)13(16-4)6-11(10)12;1-3-4-6(2)5-7(8)9/h6-8H,9H2,1-5H3;3-5H,1-2H3,(H,8,9)/b;4-3+,6-5+. The van der Waals surface area contributed by atoms with Crippen LogP contribution < -0.4 is 14.2 Å². The van der Waals surface area contributed by atoms with Crippen LogP contribution in [0.4, 0.5) is 0 Å². The van der Waals surface area contributed by atoms with Crippen molar-refractivity contribution in [1.29, 1.82) is 0 Å². The molecule has 27 heavy (non-hydrogen) atoms. The number of hydrogen-bond acceptors (Lipinski definition) is 4. The summed E-state index contributed by atoms with van der Waals surface area (Å²) in [5, 5.41) is 8.20. The molecule has 1 heterocycles. The largest absolute Gasteiger partial charge is 0.493 e. The van der Waals surface area contributed by atoms with Crippen LogP contribution in [0.5, 0.6) is 17.2 Å². The molecule has 5 nitrogen and oxygen atoms in total. The lowest BCUT2D eigenvalue weighted by molar-refractivity contribution is -0.131. The zero-order valence-corrected chi connectivity index (χ0v) is 17.3. The predicted molar refractivity (Wildman–Crippen MR) is 109 cm³/mol. The molecule has 1 aliphatic rings. The zero-order valence-electron chi connectivity index (χ0n) is 17.3. The van der Waals surface area contributed by atoms with Gasteiger partial charge in [-0.3, -0.25) is 0 Å². The quantitative estimate of drug-likeness (QED) is 0.585. The van der Waals surface area contributed by atoms with Gasteiger partial charge in [-0.15, -0.1) is 0 Å². The van der Waals surface area contributed by atoms with Gasteiger partial charge in [0, 0.05) is 23.1 Å². The van der Waals surface area contributed by atoms with Gasteiger partial charge in [-0.05, 0) is 38.0 Å². The topological polar surface area (TPSA) is 65.0 Å². The molecular weight excluding hydrogens is 344 g/mol. The van der Waals surface area contributed by atoms with E-state index in [4.69, 9.17) is 19.3 Å². The van der Waals surface area contributed by atoms with Gasteiger partial charge < -0.3 is 19.3 Å². The molecule has 0 saturated carbocycles. The Morgan fingerprint density at radius 2 is 1.81 bits per heavy atom. The highest BCUT2D eigenvalue weighted by Crippen LogP contribution is 2.41. The Hall–Kier alpha value is -2.69. The van der Waals surface area contributed by atoms with Gasteiger partial charge in [0.15, 0.2) is 11.5 Å². The molecular formula is C22H30O5. The van der Waals surface area contributed by atoms with Crippen LogP contribution in [0.3, 0.4) is 0 Å². The number of ether oxygens (including phenoxy) is 3. The number of fused-ring (bicyclic) bond motifs is 1. The minimum Gasteiger partial charge on any atom is -0.493 e. The Bertz CT molecular complexity index is 754. The molecule has 1 aromatic carbocycles. The van der Waals surface area contributed by atoms with Crippen LogP contribution in [0.2, 0.25) is 0 Å². The molecule has 2 rings (SSSR count). The molecule has 0 atom stereocenters. The lowest BCUT2D eigenvalue weighted by Gasteiger charge is -2.18. The summed E-state index contributed by atoms with van der Waals surface area (Å²) in [4.78, 5) is 9.97. The zero-order chi connectivity index (χ0) is 20.6. The Morgan fingerprint density at radius 1 is 1.22 bits per heavy atom. The van der Waals surface area contributed by atoms with Crippen molar-refractivity contribution < 1.29 is 24.1 Å². The van der Waals surface area contributed by atoms with Crippen LogP contribution in [0.25, 0.3) is 5.57 Å². The number of carboxylic acid groups (broad SMARTS) is 1. The molecule has 148 valence electrons. The second-order valence-electron chi connectivity index (χ2n) is 7.03. The third kappa shape index (κ3) is 6.85. The van der Waals surface area contributed by atoms with Gasteiger partial charge in [0.25, 0.3) is 0 Å². The second-order valence-corrected chi connectivity index (χ2v) is 7.03. The van der Waals surface area contributed by atoms with E-state index in [0.717, 1.165) is 22.6 Å². The van der Waals surface area contributed by atoms with Gasteiger partial charge in [-0.2, -0.15) is 0 Å². The summed E-state index contributed by atoms with van der Waals surface area (Å²) >= 11 is 0. The van der Waals surface area contributed by atoms with Crippen molar-refractivity contribution in [3.8, 4) is 17.2 Å². The Balaban J connectivity index is 0.000000345. The lowest BCUT2D eigenvalue weighted by atomic mass is 9.91. The second kappa shape index (κ2) is 9.86. The van der Waals surface area contributed by atoms with Gasteiger partial charge in [0.05, 0.1) is 20.8 Å². The smallest absolute Gasteiger partial charge is 0.328 e. The molecule has 5 heteroatoms. The predicted octanol–water partition coefficient (Wildman–Crippen LogP) is 5.12. The number of allylic oxidation sites excluding steroid dienone is 4. The van der Waals surface area contributed by atoms with E-state index in [1.54, 1.807) is 33.3 Å². The average molecular weight is 374 g/mol. The van der Waals surface area contributed by atoms with Crippen molar-refractivity contribution in [3.05, 3.63) is 47.6 Å². The van der Waals surface area contributed by atoms with Crippen molar-refractivity contribution in [2.75, 3.05) is 20.8 Å². The molecule has 0 fully saturated rings. The van der Waals surface area contributed by atoms with E-state index in [9.17, 15) is 4.79 Å². The molecule has 1 N–H and O–H groups in total. The highest BCUT2D eigenvalue weighted by atomic mass is 16.5. The normalized spacial score (nSPS) is 15.5. The molecule has 0 aliphatic carbocycles. The number of methoxy groups -OCH3 is 2. The number of hydrogen-bond donors (Lipinski definition) is 1. The van der Waals surface area contributed by atoms with E-state index in [2.05, 4.69) is 26.8 Å². The van der Waals surface area contributed by atoms with Crippen LogP contribution in [0.15, 0.2) is 42.0 Å². The van der Waals surface area contributed by atoms with Crippen LogP contribution in [-0.2, 0) is 4.79 Å². The molecule has 1 aromatic rings. The van der Waals surface area contributed by atoms with E-state index in [1.165, 1.54) is 11.6 Å². The van der Waals surface area contributed by atoms with Crippen LogP contribution in [0.1, 0.15) is 40.2 Å². The number of aliphatic carboxylic acids is 1. The number of rotatable bonds is 4. The summed E-state index contributed by atoms with van der Waals surface area (Å²) < 4.78 is 16.5. The number of carboxylic acids is 1. The summed E-state index contributed by atoms with van der Waals surface area (Å²) in [7, 11) is 3.28. The van der Waals surface area contributed by atoms with E-state index < -0.39 is 5.97 Å². The van der Waals surface area contributed by atoms with Crippen LogP contribution in [0, 0.1) is 5.41 Å². The van der Waals surface area contributed by atoms with Crippen molar-refractivity contribution in [2.45, 2.75) is 34.6 Å². The first-order valence-electron chi connectivity index (χ1n) is 8.76. The third-order valence-corrected chi connectivity index (χ3v) is 3.90. The summed E-state index contributed by atoms with van der Waals surface area (Å²) in [5.74, 6) is 1.38. The van der Waals surface area contributed by atoms with E-state index >= 15 is 0 Å². The van der Waals surface area contributed by atoms with Gasteiger partial charge >= 0.3 is 5.97 Å². The summed E-state index contributed by atoms with van der Waals surface area (Å²) in [6, 6.07) is 3.87. The highest BCUT2D eigenvalue weighted by Gasteiger charge is 2.23. The first-order valence-corrected chi connectivity index (χ1v) is 8.76. The van der Waals surface area contributed by atoms with Crippen molar-refractivity contribution >= 4 is 11.5 Å². The Morgan fingerprint density at radius 3 is 2.33 bits per heavy atom. The summed E-state index contributed by atoms with van der Waals surface area (Å²) in [5.41, 5.74) is 3.06. The Labute approximate surface area is 161 Å². The third-order valence-electron chi connectivity index (χ3n) is 3.90. The van der Waals surface area contributed by atoms with Crippen molar-refractivity contribution in [1.82, 2.24) is 0 Å². The fourth-order valence-corrected chi connectivity index (χ4v) is 2.76. The molecule has 0 saturated heterocycles. The maximum absolute atomic E-state index is 9.97. The Kier molecular flexibility index (Phi) is 8.16. The molecule has 1 aliphatic heterocycles. The van der Waals surface area contributed by atoms with Gasteiger partial charge in [0.1, 0.15) is 5.75 Å². The van der Waals surface area contributed by atoms with Crippen LogP contribution >= 0.6 is 0 Å². The van der Waals surface area contributed by atoms with Crippen molar-refractivity contribution in [3.63, 3.8) is 0 Å². The van der Waals surface area contributed by atoms with Crippen LogP contribution in [-0.4, -0.2) is 31.9 Å². The average Bonchev–Trinajstić information content (AvgIpc) is 2.69. The minimum absolute atomic E-state index is 0.0313. The fourth-order valence-electron chi connectivity index (χ4n) is 2.76. The first kappa shape index (κ1) is 22.4. The lowest BCUT2D eigenvalue weighted by Crippen LogP contribution is -2.17. The maximum Gasteiger partial charge on any atom is 0.328 e. The number of benzene rings is 1. The van der Waals surface area contributed by atoms with E-state index in [1.807, 2.05) is 19.1 Å². The minimum atomic E-state index is -0.898. The summed E-state index contributed by atoms with van der Waals surface area (Å²) in [6.45, 7) is 10.7. The molecule has 0 bridgehead atoms. The summed E-state index contributed by atoms with van der Waals surface area (Å²) in [6.07, 6.45) is 6.95. The molecule has 0 aromatic heterocycles. The van der Waals surface area contributed by atoms with Gasteiger partial charge in [-0.25, -0.2) is 4.79 Å². The van der Waals surface area contributed by atoms with E-state index in [-0.39, 0.29) is 5.41 Å². The van der Waals surface area contributed by atoms with Gasteiger partial charge in [-0.1, -0.05) is 32.1 Å². The van der Waals surface area contributed by atoms with Gasteiger partial charge in [0.2, 0.25) is 0 Å². The SMILES string of the molecule is C/C=C/C(C)=C/C(=O)O.COc1cc2c(cc1OC)C(C)=CC(C)(C)CO2. The number of carbonyl (C=O) groups is 1. The molecule has 0 amide bonds. The maximum atomic E-state index is 9.97.